The summed E-state index contributed by atoms with van der Waals surface area (Å²) in [5, 5.41) is 30.1. The van der Waals surface area contributed by atoms with Crippen molar-refractivity contribution in [2.75, 3.05) is 13.1 Å². The van der Waals surface area contributed by atoms with E-state index in [4.69, 9.17) is 5.11 Å². The van der Waals surface area contributed by atoms with Gasteiger partial charge in [0.25, 0.3) is 0 Å². The number of aliphatic carboxylic acids is 2. The van der Waals surface area contributed by atoms with Crippen LogP contribution in [-0.2, 0) is 15.3 Å². The molecule has 4 N–H and O–H groups in total. The molecule has 0 bridgehead atoms. The molecule has 0 aromatic carbocycles. The number of carboxylic acid groups (broad SMARTS) is 2. The number of carbonyl (C=O) groups excluding carboxylic acids is 1. The molecule has 0 saturated carbocycles. The van der Waals surface area contributed by atoms with Gasteiger partial charge in [0.2, 0.25) is 5.66 Å². The van der Waals surface area contributed by atoms with Crippen LogP contribution in [-0.4, -0.2) is 66.9 Å². The van der Waals surface area contributed by atoms with Gasteiger partial charge in [-0.05, 0) is 12.8 Å². The van der Waals surface area contributed by atoms with Crippen LogP contribution in [0.2, 0.25) is 0 Å². The first kappa shape index (κ1) is 19.4. The van der Waals surface area contributed by atoms with Crippen molar-refractivity contribution < 1.29 is 29.7 Å². The van der Waals surface area contributed by atoms with Gasteiger partial charge in [-0.15, -0.1) is 0 Å². The lowest BCUT2D eigenvalue weighted by Gasteiger charge is -2.32. The summed E-state index contributed by atoms with van der Waals surface area (Å²) in [6.45, 7) is 4.57. The molecule has 10 nitrogen and oxygen atoms in total. The van der Waals surface area contributed by atoms with E-state index < -0.39 is 36.3 Å². The lowest BCUT2D eigenvalue weighted by atomic mass is 10.2. The quantitative estimate of drug-likeness (QED) is 0.510. The van der Waals surface area contributed by atoms with Crippen molar-refractivity contribution in [3.63, 3.8) is 0 Å². The fourth-order valence-electron chi connectivity index (χ4n) is 2.01. The molecule has 134 valence electrons. The van der Waals surface area contributed by atoms with Gasteiger partial charge in [0.1, 0.15) is 0 Å². The summed E-state index contributed by atoms with van der Waals surface area (Å²) in [5.41, 5.74) is -1.81. The van der Waals surface area contributed by atoms with Crippen LogP contribution < -0.4 is 5.32 Å². The second-order valence-electron chi connectivity index (χ2n) is 5.93. The lowest BCUT2D eigenvalue weighted by Crippen LogP contribution is -2.58. The minimum absolute atomic E-state index is 0.0129. The SMILES string of the molecule is CC(C)CN(CC(O)C(=O)O)C(=O)N[C@](C)(C(=O)O)n1ccnc1. The molecule has 0 aliphatic carbocycles. The molecule has 1 rings (SSSR count). The minimum Gasteiger partial charge on any atom is -0.479 e. The molecular weight excluding hydrogens is 320 g/mol. The summed E-state index contributed by atoms with van der Waals surface area (Å²) in [6, 6.07) is -0.803. The third kappa shape index (κ3) is 4.69. The third-order valence-electron chi connectivity index (χ3n) is 3.34. The van der Waals surface area contributed by atoms with Crippen molar-refractivity contribution >= 4 is 18.0 Å². The number of aromatic nitrogens is 2. The normalized spacial score (nSPS) is 14.7. The Morgan fingerprint density at radius 2 is 1.92 bits per heavy atom. The standard InChI is InChI=1S/C14H22N4O6/c1-9(2)6-17(7-10(19)11(20)21)13(24)16-14(3,12(22)23)18-5-4-15-8-18/h4-5,8-10,19H,6-7H2,1-3H3,(H,16,24)(H,20,21)(H,22,23)/t10?,14-/m0/s1. The number of carbonyl (C=O) groups is 3. The van der Waals surface area contributed by atoms with Crippen molar-refractivity contribution in [2.45, 2.75) is 32.5 Å². The van der Waals surface area contributed by atoms with Crippen LogP contribution in [0.3, 0.4) is 0 Å². The van der Waals surface area contributed by atoms with Crippen molar-refractivity contribution in [2.24, 2.45) is 5.92 Å². The number of carboxylic acids is 2. The lowest BCUT2D eigenvalue weighted by molar-refractivity contribution is -0.149. The maximum absolute atomic E-state index is 12.5. The predicted octanol–water partition coefficient (Wildman–Crippen LogP) is -0.246. The summed E-state index contributed by atoms with van der Waals surface area (Å²) in [4.78, 5) is 39.7. The largest absolute Gasteiger partial charge is 0.479 e. The molecular formula is C14H22N4O6. The zero-order valence-electron chi connectivity index (χ0n) is 13.7. The van der Waals surface area contributed by atoms with Crippen LogP contribution in [0.25, 0.3) is 0 Å². The molecule has 0 aliphatic rings. The van der Waals surface area contributed by atoms with Crippen LogP contribution in [0.15, 0.2) is 18.7 Å². The number of imidazole rings is 1. The maximum atomic E-state index is 12.5. The number of urea groups is 1. The molecule has 2 amide bonds. The number of amides is 2. The zero-order chi connectivity index (χ0) is 18.5. The number of aliphatic hydroxyl groups is 1. The highest BCUT2D eigenvalue weighted by atomic mass is 16.4. The predicted molar refractivity (Wildman–Crippen MR) is 82.1 cm³/mol. The van der Waals surface area contributed by atoms with Gasteiger partial charge in [-0.25, -0.2) is 19.4 Å². The molecule has 0 saturated heterocycles. The average Bonchev–Trinajstić information content (AvgIpc) is 3.00. The summed E-state index contributed by atoms with van der Waals surface area (Å²) in [5.74, 6) is -2.80. The van der Waals surface area contributed by atoms with E-state index in [0.717, 1.165) is 4.90 Å². The highest BCUT2D eigenvalue weighted by Gasteiger charge is 2.38. The molecule has 1 aromatic heterocycles. The number of nitrogens with one attached hydrogen (secondary N) is 1. The summed E-state index contributed by atoms with van der Waals surface area (Å²) >= 11 is 0. The Morgan fingerprint density at radius 3 is 2.33 bits per heavy atom. The van der Waals surface area contributed by atoms with Gasteiger partial charge in [-0.3, -0.25) is 0 Å². The van der Waals surface area contributed by atoms with E-state index in [1.165, 1.54) is 30.2 Å². The van der Waals surface area contributed by atoms with Crippen LogP contribution in [0.5, 0.6) is 0 Å². The first-order valence-electron chi connectivity index (χ1n) is 7.27. The number of hydrogen-bond donors (Lipinski definition) is 4. The molecule has 2 atom stereocenters. The van der Waals surface area contributed by atoms with Gasteiger partial charge >= 0.3 is 18.0 Å². The Labute approximate surface area is 138 Å². The maximum Gasteiger partial charge on any atom is 0.350 e. The van der Waals surface area contributed by atoms with Crippen molar-refractivity contribution in [3.05, 3.63) is 18.7 Å². The van der Waals surface area contributed by atoms with Crippen molar-refractivity contribution in [1.82, 2.24) is 19.8 Å². The average molecular weight is 342 g/mol. The van der Waals surface area contributed by atoms with Gasteiger partial charge in [-0.2, -0.15) is 0 Å². The van der Waals surface area contributed by atoms with Crippen molar-refractivity contribution in [3.8, 4) is 0 Å². The van der Waals surface area contributed by atoms with Gasteiger partial charge in [0.05, 0.1) is 12.9 Å². The number of aliphatic hydroxyl groups excluding tert-OH is 1. The minimum atomic E-state index is -1.81. The van der Waals surface area contributed by atoms with Crippen LogP contribution in [0.1, 0.15) is 20.8 Å². The van der Waals surface area contributed by atoms with E-state index in [1.54, 1.807) is 13.8 Å². The highest BCUT2D eigenvalue weighted by Crippen LogP contribution is 2.14. The highest BCUT2D eigenvalue weighted by molar-refractivity contribution is 5.84. The Morgan fingerprint density at radius 1 is 1.29 bits per heavy atom. The first-order chi connectivity index (χ1) is 11.1. The van der Waals surface area contributed by atoms with E-state index in [9.17, 15) is 24.6 Å². The fourth-order valence-corrected chi connectivity index (χ4v) is 2.01. The second kappa shape index (κ2) is 7.77. The fraction of sp³-hybridized carbons (Fsp3) is 0.571. The molecule has 10 heteroatoms. The topological polar surface area (TPSA) is 145 Å². The van der Waals surface area contributed by atoms with Gasteiger partial charge in [0.15, 0.2) is 6.10 Å². The first-order valence-corrected chi connectivity index (χ1v) is 7.27. The zero-order valence-corrected chi connectivity index (χ0v) is 13.7. The van der Waals surface area contributed by atoms with Gasteiger partial charge < -0.3 is 30.1 Å². The van der Waals surface area contributed by atoms with Crippen LogP contribution in [0, 0.1) is 5.92 Å². The molecule has 1 heterocycles. The summed E-state index contributed by atoms with van der Waals surface area (Å²) in [6.07, 6.45) is 2.23. The van der Waals surface area contributed by atoms with Crippen molar-refractivity contribution in [1.29, 1.82) is 0 Å². The second-order valence-corrected chi connectivity index (χ2v) is 5.93. The number of hydrogen-bond acceptors (Lipinski definition) is 5. The Bertz CT molecular complexity index is 588. The van der Waals surface area contributed by atoms with E-state index in [1.807, 2.05) is 0 Å². The third-order valence-corrected chi connectivity index (χ3v) is 3.34. The molecule has 1 aromatic rings. The molecule has 1 unspecified atom stereocenters. The Balaban J connectivity index is 3.00. The van der Waals surface area contributed by atoms with Crippen LogP contribution >= 0.6 is 0 Å². The van der Waals surface area contributed by atoms with Gasteiger partial charge in [-0.1, -0.05) is 13.8 Å². The molecule has 0 fully saturated rings. The number of rotatable bonds is 8. The molecule has 0 radical (unpaired) electrons. The van der Waals surface area contributed by atoms with E-state index in [0.29, 0.717) is 0 Å². The smallest absolute Gasteiger partial charge is 0.350 e. The molecule has 0 aliphatic heterocycles. The number of nitrogens with zero attached hydrogens (tertiary/aromatic N) is 3. The molecule has 24 heavy (non-hydrogen) atoms. The van der Waals surface area contributed by atoms with Crippen LogP contribution in [0.4, 0.5) is 4.79 Å². The summed E-state index contributed by atoms with van der Waals surface area (Å²) < 4.78 is 1.20. The van der Waals surface area contributed by atoms with E-state index in [2.05, 4.69) is 10.3 Å². The Hall–Kier alpha value is -2.62. The van der Waals surface area contributed by atoms with Gasteiger partial charge in [0, 0.05) is 18.9 Å². The van der Waals surface area contributed by atoms with E-state index >= 15 is 0 Å². The molecule has 0 spiro atoms. The van der Waals surface area contributed by atoms with E-state index in [-0.39, 0.29) is 12.5 Å². The Kier molecular flexibility index (Phi) is 6.29. The summed E-state index contributed by atoms with van der Waals surface area (Å²) in [7, 11) is 0. The monoisotopic (exact) mass is 342 g/mol.